The molecule has 2 N–H and O–H groups in total. The van der Waals surface area contributed by atoms with E-state index in [0.29, 0.717) is 0 Å². The second-order valence-corrected chi connectivity index (χ2v) is 5.56. The third-order valence-electron chi connectivity index (χ3n) is 2.94. The second kappa shape index (κ2) is 7.27. The topological polar surface area (TPSA) is 41.1 Å². The van der Waals surface area contributed by atoms with Crippen molar-refractivity contribution in [2.45, 2.75) is 6.18 Å². The van der Waals surface area contributed by atoms with Gasteiger partial charge in [0.25, 0.3) is 0 Å². The minimum absolute atomic E-state index is 0.00668. The highest BCUT2D eigenvalue weighted by molar-refractivity contribution is 6.33. The van der Waals surface area contributed by atoms with E-state index >= 15 is 0 Å². The molecule has 0 radical (unpaired) electrons. The molecule has 0 atom stereocenters. The van der Waals surface area contributed by atoms with Gasteiger partial charge in [-0.1, -0.05) is 23.2 Å². The molecule has 0 saturated carbocycles. The van der Waals surface area contributed by atoms with E-state index in [4.69, 9.17) is 23.2 Å². The van der Waals surface area contributed by atoms with Crippen molar-refractivity contribution < 1.29 is 22.4 Å². The van der Waals surface area contributed by atoms with E-state index in [1.54, 1.807) is 0 Å². The summed E-state index contributed by atoms with van der Waals surface area (Å²) in [5, 5.41) is 4.95. The van der Waals surface area contributed by atoms with Gasteiger partial charge < -0.3 is 10.6 Å². The van der Waals surface area contributed by atoms with E-state index in [1.807, 2.05) is 0 Å². The highest BCUT2D eigenvalue weighted by Gasteiger charge is 2.31. The fourth-order valence-electron chi connectivity index (χ4n) is 1.80. The first-order valence-electron chi connectivity index (χ1n) is 6.52. The maximum atomic E-state index is 13.5. The lowest BCUT2D eigenvalue weighted by Crippen LogP contribution is -2.22. The normalized spacial score (nSPS) is 11.2. The van der Waals surface area contributed by atoms with Gasteiger partial charge in [-0.15, -0.1) is 0 Å². The van der Waals surface area contributed by atoms with Crippen LogP contribution in [0, 0.1) is 5.82 Å². The van der Waals surface area contributed by atoms with Crippen LogP contribution in [0.4, 0.5) is 28.9 Å². The molecular weight excluding hydrogens is 371 g/mol. The third-order valence-corrected chi connectivity index (χ3v) is 3.50. The van der Waals surface area contributed by atoms with Crippen molar-refractivity contribution in [3.8, 4) is 0 Å². The molecule has 0 saturated heterocycles. The van der Waals surface area contributed by atoms with Gasteiger partial charge in [-0.3, -0.25) is 4.79 Å². The Bertz CT molecular complexity index is 766. The van der Waals surface area contributed by atoms with Crippen molar-refractivity contribution >= 4 is 40.5 Å². The number of rotatable bonds is 4. The van der Waals surface area contributed by atoms with E-state index in [2.05, 4.69) is 10.6 Å². The Morgan fingerprint density at radius 2 is 1.75 bits per heavy atom. The molecule has 9 heteroatoms. The number of alkyl halides is 3. The largest absolute Gasteiger partial charge is 0.416 e. The first-order valence-corrected chi connectivity index (χ1v) is 7.28. The van der Waals surface area contributed by atoms with Crippen LogP contribution in [0.25, 0.3) is 0 Å². The average Bonchev–Trinajstić information content (AvgIpc) is 2.49. The molecule has 0 spiro atoms. The molecule has 3 nitrogen and oxygen atoms in total. The lowest BCUT2D eigenvalue weighted by molar-refractivity contribution is -0.137. The molecule has 0 fully saturated rings. The summed E-state index contributed by atoms with van der Waals surface area (Å²) in [5.74, 6) is -1.32. The van der Waals surface area contributed by atoms with Gasteiger partial charge in [0.05, 0.1) is 28.5 Å². The second-order valence-electron chi connectivity index (χ2n) is 4.72. The first kappa shape index (κ1) is 18.4. The van der Waals surface area contributed by atoms with Crippen molar-refractivity contribution in [1.82, 2.24) is 0 Å². The molecule has 0 heterocycles. The van der Waals surface area contributed by atoms with Crippen molar-refractivity contribution in [3.05, 3.63) is 57.8 Å². The molecule has 0 aromatic heterocycles. The Kier molecular flexibility index (Phi) is 5.56. The van der Waals surface area contributed by atoms with E-state index in [1.165, 1.54) is 12.1 Å². The van der Waals surface area contributed by atoms with Gasteiger partial charge in [-0.25, -0.2) is 4.39 Å². The Morgan fingerprint density at radius 1 is 1.04 bits per heavy atom. The maximum Gasteiger partial charge on any atom is 0.416 e. The maximum absolute atomic E-state index is 13.5. The number of nitrogens with one attached hydrogen (secondary N) is 2. The molecule has 0 aliphatic carbocycles. The van der Waals surface area contributed by atoms with Crippen molar-refractivity contribution in [2.75, 3.05) is 17.2 Å². The summed E-state index contributed by atoms with van der Waals surface area (Å²) in [6.45, 7) is -0.385. The van der Waals surface area contributed by atoms with Crippen LogP contribution in [-0.4, -0.2) is 12.5 Å². The summed E-state index contributed by atoms with van der Waals surface area (Å²) in [6.07, 6.45) is -4.56. The smallest absolute Gasteiger partial charge is 0.374 e. The van der Waals surface area contributed by atoms with Crippen LogP contribution in [0.15, 0.2) is 36.4 Å². The summed E-state index contributed by atoms with van der Waals surface area (Å²) >= 11 is 11.5. The average molecular weight is 381 g/mol. The number of hydrogen-bond donors (Lipinski definition) is 2. The fraction of sp³-hybridized carbons (Fsp3) is 0.133. The number of hydrogen-bond acceptors (Lipinski definition) is 2. The number of amides is 1. The zero-order chi connectivity index (χ0) is 17.9. The van der Waals surface area contributed by atoms with E-state index in [-0.39, 0.29) is 28.0 Å². The van der Waals surface area contributed by atoms with Gasteiger partial charge in [-0.2, -0.15) is 13.2 Å². The van der Waals surface area contributed by atoms with Gasteiger partial charge in [0, 0.05) is 5.02 Å². The van der Waals surface area contributed by atoms with Crippen LogP contribution in [0.1, 0.15) is 5.56 Å². The summed E-state index contributed by atoms with van der Waals surface area (Å²) in [7, 11) is 0. The van der Waals surface area contributed by atoms with Crippen LogP contribution >= 0.6 is 23.2 Å². The zero-order valence-corrected chi connectivity index (χ0v) is 13.4. The van der Waals surface area contributed by atoms with Gasteiger partial charge in [0.15, 0.2) is 0 Å². The monoisotopic (exact) mass is 380 g/mol. The van der Waals surface area contributed by atoms with Crippen LogP contribution in [0.5, 0.6) is 0 Å². The lowest BCUT2D eigenvalue weighted by Gasteiger charge is -2.12. The Labute approximate surface area is 144 Å². The highest BCUT2D eigenvalue weighted by Crippen LogP contribution is 2.33. The predicted molar refractivity (Wildman–Crippen MR) is 85.0 cm³/mol. The summed E-state index contributed by atoms with van der Waals surface area (Å²) in [6, 6.07) is 6.29. The molecule has 0 bridgehead atoms. The fourth-order valence-corrected chi connectivity index (χ4v) is 2.14. The zero-order valence-electron chi connectivity index (χ0n) is 11.8. The molecule has 0 aliphatic heterocycles. The van der Waals surface area contributed by atoms with Gasteiger partial charge in [0.1, 0.15) is 5.82 Å². The first-order chi connectivity index (χ1) is 11.2. The highest BCUT2D eigenvalue weighted by atomic mass is 35.5. The van der Waals surface area contributed by atoms with Crippen LogP contribution in [0.3, 0.4) is 0 Å². The van der Waals surface area contributed by atoms with Crippen LogP contribution in [-0.2, 0) is 11.0 Å². The van der Waals surface area contributed by atoms with Crippen molar-refractivity contribution in [3.63, 3.8) is 0 Å². The van der Waals surface area contributed by atoms with Gasteiger partial charge in [0.2, 0.25) is 5.91 Å². The van der Waals surface area contributed by atoms with Gasteiger partial charge >= 0.3 is 6.18 Å². The Hall–Kier alpha value is -1.99. The lowest BCUT2D eigenvalue weighted by atomic mass is 10.2. The van der Waals surface area contributed by atoms with Crippen LogP contribution < -0.4 is 10.6 Å². The van der Waals surface area contributed by atoms with E-state index in [0.717, 1.165) is 24.3 Å². The standard InChI is InChI=1S/C15H10Cl2F4N2O/c16-9-2-4-11(18)13(6-9)22-7-14(24)23-12-5-8(15(19,20)21)1-3-10(12)17/h1-6,22H,7H2,(H,23,24). The minimum Gasteiger partial charge on any atom is -0.374 e. The summed E-state index contributed by atoms with van der Waals surface area (Å²) in [4.78, 5) is 11.8. The number of carbonyl (C=O) groups excluding carboxylic acids is 1. The molecule has 2 rings (SSSR count). The Morgan fingerprint density at radius 3 is 2.42 bits per heavy atom. The molecule has 24 heavy (non-hydrogen) atoms. The van der Waals surface area contributed by atoms with E-state index < -0.39 is 23.5 Å². The molecule has 0 unspecified atom stereocenters. The van der Waals surface area contributed by atoms with Crippen LogP contribution in [0.2, 0.25) is 10.0 Å². The molecule has 0 aliphatic rings. The number of anilines is 2. The molecule has 1 amide bonds. The number of halogens is 6. The summed E-state index contributed by atoms with van der Waals surface area (Å²) < 4.78 is 51.5. The molecule has 2 aromatic carbocycles. The predicted octanol–water partition coefficient (Wildman–Crippen LogP) is 5.20. The van der Waals surface area contributed by atoms with Crippen molar-refractivity contribution in [2.24, 2.45) is 0 Å². The SMILES string of the molecule is O=C(CNc1cc(Cl)ccc1F)Nc1cc(C(F)(F)F)ccc1Cl. The Balaban J connectivity index is 2.06. The van der Waals surface area contributed by atoms with Gasteiger partial charge in [-0.05, 0) is 36.4 Å². The van der Waals surface area contributed by atoms with Crippen molar-refractivity contribution in [1.29, 1.82) is 0 Å². The quantitative estimate of drug-likeness (QED) is 0.715. The minimum atomic E-state index is -4.56. The molecule has 2 aromatic rings. The third kappa shape index (κ3) is 4.75. The number of benzene rings is 2. The van der Waals surface area contributed by atoms with E-state index in [9.17, 15) is 22.4 Å². The summed E-state index contributed by atoms with van der Waals surface area (Å²) in [5.41, 5.74) is -1.14. The number of carbonyl (C=O) groups is 1. The molecular formula is C15H10Cl2F4N2O. The molecule has 128 valence electrons.